The minimum absolute atomic E-state index is 0.0461. The van der Waals surface area contributed by atoms with Crippen molar-refractivity contribution in [1.82, 2.24) is 10.3 Å². The molecule has 0 saturated heterocycles. The van der Waals surface area contributed by atoms with Gasteiger partial charge in [-0.3, -0.25) is 0 Å². The average Bonchev–Trinajstić information content (AvgIpc) is 2.85. The summed E-state index contributed by atoms with van der Waals surface area (Å²) in [4.78, 5) is 4.68. The highest BCUT2D eigenvalue weighted by molar-refractivity contribution is 7.09. The molecule has 0 saturated carbocycles. The Morgan fingerprint density at radius 3 is 2.55 bits per heavy atom. The number of nitrogens with zero attached hydrogens (tertiary/aromatic N) is 1. The molecule has 0 aliphatic carbocycles. The van der Waals surface area contributed by atoms with Crippen LogP contribution in [0.3, 0.4) is 0 Å². The van der Waals surface area contributed by atoms with Crippen molar-refractivity contribution in [2.45, 2.75) is 38.6 Å². The number of likely N-dealkylation sites (N-methyl/N-ethyl adjacent to an activating group) is 1. The van der Waals surface area contributed by atoms with Crippen LogP contribution >= 0.6 is 11.3 Å². The average molecular weight is 292 g/mol. The van der Waals surface area contributed by atoms with E-state index in [4.69, 9.17) is 0 Å². The normalized spacial score (nSPS) is 13.4. The van der Waals surface area contributed by atoms with E-state index >= 15 is 0 Å². The van der Waals surface area contributed by atoms with Gasteiger partial charge in [0.2, 0.25) is 0 Å². The maximum absolute atomic E-state index is 13.9. The van der Waals surface area contributed by atoms with Crippen LogP contribution in [0.15, 0.2) is 29.6 Å². The Morgan fingerprint density at radius 2 is 2.00 bits per heavy atom. The van der Waals surface area contributed by atoms with E-state index in [1.807, 2.05) is 19.2 Å². The number of halogens is 1. The van der Waals surface area contributed by atoms with Crippen molar-refractivity contribution in [3.8, 4) is 0 Å². The van der Waals surface area contributed by atoms with Gasteiger partial charge in [0.25, 0.3) is 0 Å². The number of benzene rings is 1. The zero-order chi connectivity index (χ0) is 14.8. The van der Waals surface area contributed by atoms with E-state index in [1.54, 1.807) is 17.4 Å². The Bertz CT molecular complexity index is 572. The van der Waals surface area contributed by atoms with Gasteiger partial charge in [-0.15, -0.1) is 11.3 Å². The maximum Gasteiger partial charge on any atom is 0.127 e. The van der Waals surface area contributed by atoms with E-state index in [0.29, 0.717) is 12.0 Å². The summed E-state index contributed by atoms with van der Waals surface area (Å²) >= 11 is 1.65. The molecule has 1 heterocycles. The fourth-order valence-electron chi connectivity index (χ4n) is 2.05. The van der Waals surface area contributed by atoms with Crippen LogP contribution in [0.2, 0.25) is 0 Å². The van der Waals surface area contributed by atoms with Crippen LogP contribution < -0.4 is 5.32 Å². The van der Waals surface area contributed by atoms with Crippen LogP contribution in [0, 0.1) is 5.82 Å². The topological polar surface area (TPSA) is 24.9 Å². The highest BCUT2D eigenvalue weighted by Gasteiger charge is 2.20. The molecule has 1 aromatic heterocycles. The number of nitrogens with one attached hydrogen (secondary N) is 1. The number of aromatic nitrogens is 1. The van der Waals surface area contributed by atoms with Crippen molar-refractivity contribution in [2.24, 2.45) is 0 Å². The van der Waals surface area contributed by atoms with Gasteiger partial charge in [-0.2, -0.15) is 0 Å². The molecule has 20 heavy (non-hydrogen) atoms. The van der Waals surface area contributed by atoms with Crippen LogP contribution in [0.4, 0.5) is 4.39 Å². The zero-order valence-electron chi connectivity index (χ0n) is 12.4. The first kappa shape index (κ1) is 15.1. The van der Waals surface area contributed by atoms with Crippen molar-refractivity contribution in [3.63, 3.8) is 0 Å². The molecule has 0 aliphatic rings. The summed E-state index contributed by atoms with van der Waals surface area (Å²) in [6, 6.07) is 6.87. The van der Waals surface area contributed by atoms with E-state index in [9.17, 15) is 4.39 Å². The molecule has 1 N–H and O–H groups in total. The molecule has 0 spiro atoms. The van der Waals surface area contributed by atoms with E-state index in [-0.39, 0.29) is 17.3 Å². The van der Waals surface area contributed by atoms with Crippen molar-refractivity contribution in [3.05, 3.63) is 51.7 Å². The summed E-state index contributed by atoms with van der Waals surface area (Å²) in [6.07, 6.45) is 0.707. The van der Waals surface area contributed by atoms with E-state index < -0.39 is 0 Å². The number of rotatable bonds is 4. The smallest absolute Gasteiger partial charge is 0.127 e. The predicted octanol–water partition coefficient (Wildman–Crippen LogP) is 4.08. The van der Waals surface area contributed by atoms with Crippen molar-refractivity contribution >= 4 is 11.3 Å². The highest BCUT2D eigenvalue weighted by atomic mass is 32.1. The Morgan fingerprint density at radius 1 is 1.30 bits per heavy atom. The third kappa shape index (κ3) is 3.44. The van der Waals surface area contributed by atoms with Gasteiger partial charge in [-0.25, -0.2) is 9.37 Å². The lowest BCUT2D eigenvalue weighted by Crippen LogP contribution is -2.20. The quantitative estimate of drug-likeness (QED) is 0.918. The lowest BCUT2D eigenvalue weighted by atomic mass is 9.93. The van der Waals surface area contributed by atoms with Gasteiger partial charge in [0.05, 0.1) is 10.7 Å². The summed E-state index contributed by atoms with van der Waals surface area (Å²) in [6.45, 7) is 6.45. The Hall–Kier alpha value is -1.26. The highest BCUT2D eigenvalue weighted by Crippen LogP contribution is 2.27. The summed E-state index contributed by atoms with van der Waals surface area (Å²) < 4.78 is 13.9. The molecule has 4 heteroatoms. The molecule has 0 fully saturated rings. The van der Waals surface area contributed by atoms with E-state index in [2.05, 4.69) is 36.5 Å². The van der Waals surface area contributed by atoms with Crippen molar-refractivity contribution in [1.29, 1.82) is 0 Å². The number of thiazole rings is 1. The Kier molecular flexibility index (Phi) is 4.55. The second kappa shape index (κ2) is 6.02. The van der Waals surface area contributed by atoms with Gasteiger partial charge in [0, 0.05) is 28.8 Å². The monoisotopic (exact) mass is 292 g/mol. The third-order valence-electron chi connectivity index (χ3n) is 3.33. The maximum atomic E-state index is 13.9. The molecule has 2 aromatic rings. The first-order valence-electron chi connectivity index (χ1n) is 6.78. The van der Waals surface area contributed by atoms with Crippen molar-refractivity contribution in [2.75, 3.05) is 7.05 Å². The van der Waals surface area contributed by atoms with Crippen molar-refractivity contribution < 1.29 is 4.39 Å². The van der Waals surface area contributed by atoms with Crippen LogP contribution in [-0.2, 0) is 11.8 Å². The van der Waals surface area contributed by atoms with Crippen LogP contribution in [-0.4, -0.2) is 12.0 Å². The molecule has 0 aliphatic heterocycles. The fraction of sp³-hybridized carbons (Fsp3) is 0.438. The Labute approximate surface area is 124 Å². The van der Waals surface area contributed by atoms with Gasteiger partial charge in [-0.05, 0) is 13.1 Å². The minimum atomic E-state index is -0.167. The summed E-state index contributed by atoms with van der Waals surface area (Å²) in [7, 11) is 1.86. The molecule has 1 aromatic carbocycles. The van der Waals surface area contributed by atoms with Gasteiger partial charge in [0.1, 0.15) is 5.82 Å². The lowest BCUT2D eigenvalue weighted by molar-refractivity contribution is 0.528. The molecule has 108 valence electrons. The molecular formula is C16H21FN2S. The third-order valence-corrected chi connectivity index (χ3v) is 4.20. The molecule has 0 bridgehead atoms. The lowest BCUT2D eigenvalue weighted by Gasteiger charge is -2.17. The van der Waals surface area contributed by atoms with Gasteiger partial charge < -0.3 is 5.32 Å². The van der Waals surface area contributed by atoms with Gasteiger partial charge >= 0.3 is 0 Å². The van der Waals surface area contributed by atoms with Crippen LogP contribution in [0.25, 0.3) is 0 Å². The minimum Gasteiger partial charge on any atom is -0.313 e. The second-order valence-corrected chi connectivity index (χ2v) is 6.89. The van der Waals surface area contributed by atoms with Crippen LogP contribution in [0.5, 0.6) is 0 Å². The second-order valence-electron chi connectivity index (χ2n) is 5.94. The molecule has 0 radical (unpaired) electrons. The van der Waals surface area contributed by atoms with Gasteiger partial charge in [-0.1, -0.05) is 39.0 Å². The molecule has 1 unspecified atom stereocenters. The number of hydrogen-bond acceptors (Lipinski definition) is 3. The SMILES string of the molecule is CNC(Cc1nc(C(C)(C)C)cs1)c1ccccc1F. The Balaban J connectivity index is 2.19. The molecule has 0 amide bonds. The van der Waals surface area contributed by atoms with E-state index in [1.165, 1.54) is 6.07 Å². The molecule has 2 rings (SSSR count). The standard InChI is InChI=1S/C16H21FN2S/c1-16(2,3)14-10-20-15(19-14)9-13(18-4)11-7-5-6-8-12(11)17/h5-8,10,13,18H,9H2,1-4H3. The van der Waals surface area contributed by atoms with Crippen LogP contribution in [0.1, 0.15) is 43.1 Å². The molecule has 2 nitrogen and oxygen atoms in total. The van der Waals surface area contributed by atoms with E-state index in [0.717, 1.165) is 10.7 Å². The fourth-order valence-corrected chi connectivity index (χ4v) is 3.12. The number of hydrogen-bond donors (Lipinski definition) is 1. The first-order valence-corrected chi connectivity index (χ1v) is 7.66. The largest absolute Gasteiger partial charge is 0.313 e. The van der Waals surface area contributed by atoms with Gasteiger partial charge in [0.15, 0.2) is 0 Å². The predicted molar refractivity (Wildman–Crippen MR) is 82.7 cm³/mol. The molecular weight excluding hydrogens is 271 g/mol. The summed E-state index contributed by atoms with van der Waals surface area (Å²) in [5.74, 6) is -0.167. The zero-order valence-corrected chi connectivity index (χ0v) is 13.2. The summed E-state index contributed by atoms with van der Waals surface area (Å²) in [5, 5.41) is 6.32. The molecule has 1 atom stereocenters. The first-order chi connectivity index (χ1) is 9.41. The summed E-state index contributed by atoms with van der Waals surface area (Å²) in [5.41, 5.74) is 1.85.